The molecule has 0 spiro atoms. The highest BCUT2D eigenvalue weighted by Crippen LogP contribution is 2.11. The van der Waals surface area contributed by atoms with Gasteiger partial charge in [0.1, 0.15) is 0 Å². The van der Waals surface area contributed by atoms with Gasteiger partial charge in [-0.25, -0.2) is 0 Å². The maximum atomic E-state index is 5.44. The van der Waals surface area contributed by atoms with E-state index in [0.29, 0.717) is 5.84 Å². The molecular formula is C8H17N3. The van der Waals surface area contributed by atoms with Gasteiger partial charge < -0.3 is 11.1 Å². The SMILES string of the molecule is CC(N)=NCC1CCNCC1. The first-order valence-corrected chi connectivity index (χ1v) is 4.26. The minimum atomic E-state index is 0.712. The highest BCUT2D eigenvalue weighted by molar-refractivity contribution is 5.77. The average molecular weight is 155 g/mol. The van der Waals surface area contributed by atoms with Gasteiger partial charge in [0.05, 0.1) is 5.84 Å². The number of piperidine rings is 1. The van der Waals surface area contributed by atoms with E-state index in [2.05, 4.69) is 10.3 Å². The summed E-state index contributed by atoms with van der Waals surface area (Å²) in [4.78, 5) is 4.21. The van der Waals surface area contributed by atoms with E-state index in [0.717, 1.165) is 25.6 Å². The number of nitrogens with zero attached hydrogens (tertiary/aromatic N) is 1. The van der Waals surface area contributed by atoms with Crippen LogP contribution in [0.25, 0.3) is 0 Å². The highest BCUT2D eigenvalue weighted by atomic mass is 14.9. The fourth-order valence-electron chi connectivity index (χ4n) is 1.34. The van der Waals surface area contributed by atoms with Crippen molar-refractivity contribution < 1.29 is 0 Å². The second kappa shape index (κ2) is 4.34. The number of nitrogens with two attached hydrogens (primary N) is 1. The molecule has 0 saturated carbocycles. The molecule has 1 heterocycles. The second-order valence-electron chi connectivity index (χ2n) is 3.18. The van der Waals surface area contributed by atoms with E-state index >= 15 is 0 Å². The molecule has 0 unspecified atom stereocenters. The Morgan fingerprint density at radius 2 is 2.18 bits per heavy atom. The molecule has 1 aliphatic heterocycles. The molecule has 1 fully saturated rings. The zero-order chi connectivity index (χ0) is 8.10. The van der Waals surface area contributed by atoms with Gasteiger partial charge in [-0.3, -0.25) is 4.99 Å². The van der Waals surface area contributed by atoms with Crippen LogP contribution in [0, 0.1) is 5.92 Å². The Balaban J connectivity index is 2.19. The summed E-state index contributed by atoms with van der Waals surface area (Å²) in [5.41, 5.74) is 5.44. The zero-order valence-electron chi connectivity index (χ0n) is 7.14. The molecule has 0 aromatic heterocycles. The van der Waals surface area contributed by atoms with Gasteiger partial charge in [0.25, 0.3) is 0 Å². The van der Waals surface area contributed by atoms with Gasteiger partial charge in [-0.15, -0.1) is 0 Å². The summed E-state index contributed by atoms with van der Waals surface area (Å²) in [6.45, 7) is 5.05. The Labute approximate surface area is 68.1 Å². The quantitative estimate of drug-likeness (QED) is 0.447. The van der Waals surface area contributed by atoms with Crippen LogP contribution in [0.4, 0.5) is 0 Å². The maximum absolute atomic E-state index is 5.44. The van der Waals surface area contributed by atoms with E-state index < -0.39 is 0 Å². The molecule has 0 amide bonds. The second-order valence-corrected chi connectivity index (χ2v) is 3.18. The van der Waals surface area contributed by atoms with Crippen LogP contribution < -0.4 is 11.1 Å². The topological polar surface area (TPSA) is 50.4 Å². The van der Waals surface area contributed by atoms with Gasteiger partial charge in [0.15, 0.2) is 0 Å². The van der Waals surface area contributed by atoms with Crippen molar-refractivity contribution in [1.82, 2.24) is 5.32 Å². The molecular weight excluding hydrogens is 138 g/mol. The van der Waals surface area contributed by atoms with E-state index in [9.17, 15) is 0 Å². The molecule has 3 heteroatoms. The minimum absolute atomic E-state index is 0.712. The van der Waals surface area contributed by atoms with Crippen LogP contribution in [-0.4, -0.2) is 25.5 Å². The first-order valence-electron chi connectivity index (χ1n) is 4.26. The minimum Gasteiger partial charge on any atom is -0.388 e. The zero-order valence-corrected chi connectivity index (χ0v) is 7.14. The molecule has 64 valence electrons. The molecule has 0 aromatic carbocycles. The summed E-state index contributed by atoms with van der Waals surface area (Å²) < 4.78 is 0. The monoisotopic (exact) mass is 155 g/mol. The first-order chi connectivity index (χ1) is 5.29. The summed E-state index contributed by atoms with van der Waals surface area (Å²) in [6, 6.07) is 0. The van der Waals surface area contributed by atoms with E-state index in [1.807, 2.05) is 6.92 Å². The van der Waals surface area contributed by atoms with Gasteiger partial charge in [-0.2, -0.15) is 0 Å². The van der Waals surface area contributed by atoms with Crippen molar-refractivity contribution in [2.45, 2.75) is 19.8 Å². The van der Waals surface area contributed by atoms with Gasteiger partial charge in [-0.05, 0) is 38.8 Å². The molecule has 0 bridgehead atoms. The van der Waals surface area contributed by atoms with E-state index in [1.54, 1.807) is 0 Å². The third-order valence-electron chi connectivity index (χ3n) is 2.06. The molecule has 0 radical (unpaired) electrons. The number of amidine groups is 1. The van der Waals surface area contributed by atoms with Gasteiger partial charge in [-0.1, -0.05) is 0 Å². The molecule has 1 rings (SSSR count). The van der Waals surface area contributed by atoms with Crippen molar-refractivity contribution in [1.29, 1.82) is 0 Å². The Morgan fingerprint density at radius 3 is 2.73 bits per heavy atom. The van der Waals surface area contributed by atoms with Gasteiger partial charge in [0, 0.05) is 6.54 Å². The van der Waals surface area contributed by atoms with Crippen molar-refractivity contribution >= 4 is 5.84 Å². The average Bonchev–Trinajstić information content (AvgIpc) is 2.03. The van der Waals surface area contributed by atoms with Crippen LogP contribution in [0.15, 0.2) is 4.99 Å². The lowest BCUT2D eigenvalue weighted by Gasteiger charge is -2.20. The normalized spacial score (nSPS) is 22.1. The van der Waals surface area contributed by atoms with Crippen LogP contribution in [-0.2, 0) is 0 Å². The lowest BCUT2D eigenvalue weighted by Crippen LogP contribution is -2.29. The Morgan fingerprint density at radius 1 is 1.55 bits per heavy atom. The summed E-state index contributed by atoms with van der Waals surface area (Å²) >= 11 is 0. The smallest absolute Gasteiger partial charge is 0.0905 e. The van der Waals surface area contributed by atoms with Gasteiger partial charge >= 0.3 is 0 Å². The Hall–Kier alpha value is -0.570. The number of nitrogens with one attached hydrogen (secondary N) is 1. The Bertz CT molecular complexity index is 132. The van der Waals surface area contributed by atoms with E-state index in [1.165, 1.54) is 12.8 Å². The molecule has 3 N–H and O–H groups in total. The molecule has 3 nitrogen and oxygen atoms in total. The lowest BCUT2D eigenvalue weighted by molar-refractivity contribution is 0.383. The molecule has 11 heavy (non-hydrogen) atoms. The first kappa shape index (κ1) is 8.53. The van der Waals surface area contributed by atoms with Crippen LogP contribution in [0.1, 0.15) is 19.8 Å². The summed E-state index contributed by atoms with van der Waals surface area (Å²) in [5, 5.41) is 3.32. The van der Waals surface area contributed by atoms with Crippen LogP contribution >= 0.6 is 0 Å². The maximum Gasteiger partial charge on any atom is 0.0905 e. The van der Waals surface area contributed by atoms with Crippen LogP contribution in [0.5, 0.6) is 0 Å². The largest absolute Gasteiger partial charge is 0.388 e. The fourth-order valence-corrected chi connectivity index (χ4v) is 1.34. The number of aliphatic imine (C=N–C) groups is 1. The highest BCUT2D eigenvalue weighted by Gasteiger charge is 2.11. The van der Waals surface area contributed by atoms with Crippen molar-refractivity contribution in [2.24, 2.45) is 16.6 Å². The number of hydrogen-bond donors (Lipinski definition) is 2. The van der Waals surface area contributed by atoms with Crippen LogP contribution in [0.2, 0.25) is 0 Å². The van der Waals surface area contributed by atoms with Crippen molar-refractivity contribution in [2.75, 3.05) is 19.6 Å². The van der Waals surface area contributed by atoms with Crippen molar-refractivity contribution in [3.63, 3.8) is 0 Å². The third kappa shape index (κ3) is 3.37. The predicted octanol–water partition coefficient (Wildman–Crippen LogP) is 0.363. The van der Waals surface area contributed by atoms with Crippen LogP contribution in [0.3, 0.4) is 0 Å². The molecule has 0 aromatic rings. The predicted molar refractivity (Wildman–Crippen MR) is 47.8 cm³/mol. The standard InChI is InChI=1S/C8H17N3/c1-7(9)11-6-8-2-4-10-5-3-8/h8,10H,2-6H2,1H3,(H2,9,11). The van der Waals surface area contributed by atoms with Gasteiger partial charge in [0.2, 0.25) is 0 Å². The van der Waals surface area contributed by atoms with Crippen molar-refractivity contribution in [3.05, 3.63) is 0 Å². The van der Waals surface area contributed by atoms with E-state index in [4.69, 9.17) is 5.73 Å². The fraction of sp³-hybridized carbons (Fsp3) is 0.875. The number of hydrogen-bond acceptors (Lipinski definition) is 2. The Kier molecular flexibility index (Phi) is 3.36. The molecule has 0 atom stereocenters. The summed E-state index contributed by atoms with van der Waals surface area (Å²) in [5.74, 6) is 1.47. The molecule has 1 aliphatic rings. The lowest BCUT2D eigenvalue weighted by atomic mass is 9.99. The van der Waals surface area contributed by atoms with Crippen molar-refractivity contribution in [3.8, 4) is 0 Å². The molecule has 0 aliphatic carbocycles. The number of rotatable bonds is 2. The summed E-state index contributed by atoms with van der Waals surface area (Å²) in [7, 11) is 0. The third-order valence-corrected chi connectivity index (χ3v) is 2.06. The summed E-state index contributed by atoms with van der Waals surface area (Å²) in [6.07, 6.45) is 2.49. The molecule has 1 saturated heterocycles. The van der Waals surface area contributed by atoms with E-state index in [-0.39, 0.29) is 0 Å².